The number of ether oxygens (including phenoxy) is 1. The minimum absolute atomic E-state index is 0.141. The molecule has 3 aliphatic carbocycles. The molecule has 2 heteroatoms. The monoisotopic (exact) mass is 276 g/mol. The van der Waals surface area contributed by atoms with Crippen molar-refractivity contribution in [3.63, 3.8) is 0 Å². The van der Waals surface area contributed by atoms with Crippen molar-refractivity contribution < 1.29 is 9.84 Å². The van der Waals surface area contributed by atoms with Crippen LogP contribution in [0.25, 0.3) is 0 Å². The van der Waals surface area contributed by atoms with Gasteiger partial charge in [-0.25, -0.2) is 0 Å². The van der Waals surface area contributed by atoms with Crippen LogP contribution in [0.2, 0.25) is 0 Å². The number of rotatable bonds is 0. The van der Waals surface area contributed by atoms with Crippen molar-refractivity contribution in [3.05, 3.63) is 12.2 Å². The Kier molecular flexibility index (Phi) is 2.74. The first-order chi connectivity index (χ1) is 9.45. The number of fused-ring (bicyclic) bond motifs is 5. The van der Waals surface area contributed by atoms with Gasteiger partial charge in [-0.1, -0.05) is 26.0 Å². The first-order valence-electron chi connectivity index (χ1n) is 8.47. The Hall–Kier alpha value is -0.340. The molecule has 2 nitrogen and oxygen atoms in total. The Labute approximate surface area is 122 Å². The minimum atomic E-state index is -0.141. The van der Waals surface area contributed by atoms with Gasteiger partial charge in [-0.15, -0.1) is 0 Å². The highest BCUT2D eigenvalue weighted by atomic mass is 16.5. The fourth-order valence-electron chi connectivity index (χ4n) is 5.98. The SMILES string of the molecule is C=C1CCC2[C@@H]3O[C@H]4C[C@@H](O)CC[C@]4(C)C3CC[C@]12C. The lowest BCUT2D eigenvalue weighted by molar-refractivity contribution is -0.0709. The van der Waals surface area contributed by atoms with Crippen LogP contribution in [0, 0.1) is 22.7 Å². The maximum absolute atomic E-state index is 9.99. The fraction of sp³-hybridized carbons (Fsp3) is 0.889. The number of allylic oxidation sites excluding steroid dienone is 1. The first kappa shape index (κ1) is 13.3. The molecule has 3 saturated carbocycles. The molecule has 20 heavy (non-hydrogen) atoms. The zero-order chi connectivity index (χ0) is 14.1. The minimum Gasteiger partial charge on any atom is -0.393 e. The molecule has 0 amide bonds. The summed E-state index contributed by atoms with van der Waals surface area (Å²) >= 11 is 0. The molecule has 1 saturated heterocycles. The zero-order valence-corrected chi connectivity index (χ0v) is 12.9. The summed E-state index contributed by atoms with van der Waals surface area (Å²) in [5.41, 5.74) is 2.10. The maximum atomic E-state index is 9.99. The molecular formula is C18H28O2. The van der Waals surface area contributed by atoms with Crippen LogP contribution in [-0.2, 0) is 4.74 Å². The van der Waals surface area contributed by atoms with Crippen LogP contribution in [-0.4, -0.2) is 23.4 Å². The molecule has 0 aromatic heterocycles. The second-order valence-electron chi connectivity index (χ2n) is 8.33. The lowest BCUT2D eigenvalue weighted by Gasteiger charge is -2.47. The molecule has 1 N–H and O–H groups in total. The fourth-order valence-corrected chi connectivity index (χ4v) is 5.98. The summed E-state index contributed by atoms with van der Waals surface area (Å²) in [6, 6.07) is 0. The van der Waals surface area contributed by atoms with Gasteiger partial charge < -0.3 is 9.84 Å². The molecule has 1 heterocycles. The van der Waals surface area contributed by atoms with Crippen LogP contribution in [0.3, 0.4) is 0 Å². The molecule has 0 aromatic carbocycles. The van der Waals surface area contributed by atoms with Gasteiger partial charge in [0, 0.05) is 6.42 Å². The lowest BCUT2D eigenvalue weighted by atomic mass is 9.56. The first-order valence-corrected chi connectivity index (χ1v) is 8.47. The summed E-state index contributed by atoms with van der Waals surface area (Å²) in [6.45, 7) is 9.20. The van der Waals surface area contributed by atoms with Gasteiger partial charge in [-0.2, -0.15) is 0 Å². The van der Waals surface area contributed by atoms with E-state index in [4.69, 9.17) is 4.74 Å². The highest BCUT2D eigenvalue weighted by Gasteiger charge is 2.62. The average molecular weight is 276 g/mol. The second kappa shape index (κ2) is 4.10. The summed E-state index contributed by atoms with van der Waals surface area (Å²) in [6.07, 6.45) is 8.58. The predicted octanol–water partition coefficient (Wildman–Crippen LogP) is 3.69. The Balaban J connectivity index is 1.66. The third kappa shape index (κ3) is 1.53. The smallest absolute Gasteiger partial charge is 0.0660 e. The molecule has 0 bridgehead atoms. The van der Waals surface area contributed by atoms with E-state index in [1.807, 2.05) is 0 Å². The van der Waals surface area contributed by atoms with E-state index in [2.05, 4.69) is 20.4 Å². The van der Waals surface area contributed by atoms with Crippen LogP contribution < -0.4 is 0 Å². The summed E-state index contributed by atoms with van der Waals surface area (Å²) in [5, 5.41) is 9.99. The molecule has 0 aromatic rings. The summed E-state index contributed by atoms with van der Waals surface area (Å²) in [7, 11) is 0. The second-order valence-corrected chi connectivity index (χ2v) is 8.33. The van der Waals surface area contributed by atoms with Crippen molar-refractivity contribution in [3.8, 4) is 0 Å². The number of aliphatic hydroxyl groups excluding tert-OH is 1. The van der Waals surface area contributed by atoms with Gasteiger partial charge in [0.1, 0.15) is 0 Å². The Bertz CT molecular complexity index is 445. The van der Waals surface area contributed by atoms with Gasteiger partial charge in [0.15, 0.2) is 0 Å². The number of hydrogen-bond donors (Lipinski definition) is 1. The lowest BCUT2D eigenvalue weighted by Crippen LogP contribution is -2.45. The van der Waals surface area contributed by atoms with E-state index in [-0.39, 0.29) is 12.2 Å². The third-order valence-electron chi connectivity index (χ3n) is 7.56. The molecule has 112 valence electrons. The molecular weight excluding hydrogens is 248 g/mol. The van der Waals surface area contributed by atoms with Gasteiger partial charge in [-0.3, -0.25) is 0 Å². The molecule has 7 atom stereocenters. The largest absolute Gasteiger partial charge is 0.393 e. The normalized spacial score (nSPS) is 58.1. The topological polar surface area (TPSA) is 29.5 Å². The van der Waals surface area contributed by atoms with Crippen molar-refractivity contribution in [2.75, 3.05) is 0 Å². The van der Waals surface area contributed by atoms with E-state index >= 15 is 0 Å². The molecule has 4 rings (SSSR count). The van der Waals surface area contributed by atoms with Crippen molar-refractivity contribution >= 4 is 0 Å². The van der Waals surface area contributed by atoms with E-state index in [0.29, 0.717) is 28.8 Å². The quantitative estimate of drug-likeness (QED) is 0.684. The van der Waals surface area contributed by atoms with Crippen LogP contribution >= 0.6 is 0 Å². The Morgan fingerprint density at radius 2 is 1.95 bits per heavy atom. The molecule has 1 aliphatic heterocycles. The number of hydrogen-bond acceptors (Lipinski definition) is 2. The molecule has 2 unspecified atom stereocenters. The van der Waals surface area contributed by atoms with Crippen LogP contribution in [0.4, 0.5) is 0 Å². The highest BCUT2D eigenvalue weighted by molar-refractivity contribution is 5.22. The van der Waals surface area contributed by atoms with Crippen molar-refractivity contribution in [2.24, 2.45) is 22.7 Å². The van der Waals surface area contributed by atoms with Crippen molar-refractivity contribution in [1.29, 1.82) is 0 Å². The Morgan fingerprint density at radius 1 is 1.15 bits per heavy atom. The van der Waals surface area contributed by atoms with Crippen LogP contribution in [0.15, 0.2) is 12.2 Å². The Morgan fingerprint density at radius 3 is 2.75 bits per heavy atom. The number of aliphatic hydroxyl groups is 1. The van der Waals surface area contributed by atoms with E-state index in [1.165, 1.54) is 31.3 Å². The van der Waals surface area contributed by atoms with E-state index in [0.717, 1.165) is 19.3 Å². The van der Waals surface area contributed by atoms with Gasteiger partial charge in [0.25, 0.3) is 0 Å². The molecule has 4 fully saturated rings. The average Bonchev–Trinajstić information content (AvgIpc) is 2.86. The highest BCUT2D eigenvalue weighted by Crippen LogP contribution is 2.64. The summed E-state index contributed by atoms with van der Waals surface area (Å²) < 4.78 is 6.57. The van der Waals surface area contributed by atoms with Crippen molar-refractivity contribution in [2.45, 2.75) is 77.1 Å². The molecule has 4 aliphatic rings. The summed E-state index contributed by atoms with van der Waals surface area (Å²) in [5.74, 6) is 1.39. The van der Waals surface area contributed by atoms with Gasteiger partial charge in [0.05, 0.1) is 18.3 Å². The zero-order valence-electron chi connectivity index (χ0n) is 12.9. The molecule has 0 radical (unpaired) electrons. The summed E-state index contributed by atoms with van der Waals surface area (Å²) in [4.78, 5) is 0. The predicted molar refractivity (Wildman–Crippen MR) is 79.3 cm³/mol. The standard InChI is InChI=1S/C18H28O2/c1-11-4-5-13-16-14(7-9-17(11,13)2)18(3)8-6-12(19)10-15(18)20-16/h12-16,19H,1,4-10H2,2-3H3/t12-,13?,14?,15-,16-,17+,18+/m0/s1. The van der Waals surface area contributed by atoms with E-state index in [1.54, 1.807) is 0 Å². The van der Waals surface area contributed by atoms with Gasteiger partial charge in [-0.05, 0) is 61.2 Å². The van der Waals surface area contributed by atoms with E-state index < -0.39 is 0 Å². The molecule has 0 spiro atoms. The van der Waals surface area contributed by atoms with Crippen LogP contribution in [0.5, 0.6) is 0 Å². The van der Waals surface area contributed by atoms with Gasteiger partial charge >= 0.3 is 0 Å². The van der Waals surface area contributed by atoms with Gasteiger partial charge in [0.2, 0.25) is 0 Å². The maximum Gasteiger partial charge on any atom is 0.0660 e. The third-order valence-corrected chi connectivity index (χ3v) is 7.56. The van der Waals surface area contributed by atoms with E-state index in [9.17, 15) is 5.11 Å². The van der Waals surface area contributed by atoms with Crippen LogP contribution in [0.1, 0.15) is 58.8 Å². The van der Waals surface area contributed by atoms with Crippen molar-refractivity contribution in [1.82, 2.24) is 0 Å².